The fourth-order valence-electron chi connectivity index (χ4n) is 2.82. The zero-order valence-electron chi connectivity index (χ0n) is 12.1. The maximum Gasteiger partial charge on any atom is 0.125 e. The third kappa shape index (κ3) is 3.04. The lowest BCUT2D eigenvalue weighted by atomic mass is 9.97. The molecule has 2 aromatic rings. The number of hydrogen-bond acceptors (Lipinski definition) is 4. The summed E-state index contributed by atoms with van der Waals surface area (Å²) in [6, 6.07) is 0. The van der Waals surface area contributed by atoms with Gasteiger partial charge in [-0.05, 0) is 33.2 Å². The highest BCUT2D eigenvalue weighted by Gasteiger charge is 2.23. The van der Waals surface area contributed by atoms with Gasteiger partial charge in [0.2, 0.25) is 0 Å². The predicted molar refractivity (Wildman–Crippen MR) is 77.3 cm³/mol. The molecule has 0 bridgehead atoms. The summed E-state index contributed by atoms with van der Waals surface area (Å²) < 4.78 is 0. The average molecular weight is 271 g/mol. The molecule has 0 aromatic carbocycles. The first-order valence-electron chi connectivity index (χ1n) is 7.22. The van der Waals surface area contributed by atoms with Crippen LogP contribution in [0, 0.1) is 13.8 Å². The molecule has 5 heteroatoms. The Kier molecular flexibility index (Phi) is 3.78. The van der Waals surface area contributed by atoms with Crippen LogP contribution in [0.25, 0.3) is 0 Å². The number of likely N-dealkylation sites (tertiary alicyclic amines) is 1. The van der Waals surface area contributed by atoms with Crippen molar-refractivity contribution in [2.24, 2.45) is 0 Å². The second-order valence-electron chi connectivity index (χ2n) is 5.66. The molecule has 1 N–H and O–H groups in total. The van der Waals surface area contributed by atoms with Gasteiger partial charge >= 0.3 is 0 Å². The maximum absolute atomic E-state index is 4.49. The molecule has 3 rings (SSSR count). The first-order valence-corrected chi connectivity index (χ1v) is 7.22. The van der Waals surface area contributed by atoms with Crippen LogP contribution in [0.2, 0.25) is 0 Å². The van der Waals surface area contributed by atoms with Gasteiger partial charge in [0.25, 0.3) is 0 Å². The lowest BCUT2D eigenvalue weighted by Gasteiger charge is -2.31. The van der Waals surface area contributed by atoms with Crippen molar-refractivity contribution in [3.63, 3.8) is 0 Å². The Morgan fingerprint density at radius 3 is 2.70 bits per heavy atom. The van der Waals surface area contributed by atoms with Gasteiger partial charge in [0, 0.05) is 48.9 Å². The molecule has 1 aliphatic rings. The summed E-state index contributed by atoms with van der Waals surface area (Å²) in [5.41, 5.74) is 2.33. The molecule has 5 nitrogen and oxygen atoms in total. The zero-order chi connectivity index (χ0) is 13.9. The standard InChI is InChI=1S/C15H21N5/c1-11-6-18-15(19-11)14-4-3-5-20(10-14)9-13-7-16-12(2)17-8-13/h6-8,14H,3-5,9-10H2,1-2H3,(H,18,19)/t14-/m0/s1. The van der Waals surface area contributed by atoms with Gasteiger partial charge < -0.3 is 4.98 Å². The van der Waals surface area contributed by atoms with Crippen molar-refractivity contribution in [2.45, 2.75) is 39.2 Å². The molecule has 1 atom stereocenters. The Morgan fingerprint density at radius 1 is 1.20 bits per heavy atom. The normalized spacial score (nSPS) is 20.2. The lowest BCUT2D eigenvalue weighted by Crippen LogP contribution is -2.34. The predicted octanol–water partition coefficient (Wildman–Crippen LogP) is 2.20. The molecule has 0 aliphatic carbocycles. The summed E-state index contributed by atoms with van der Waals surface area (Å²) in [5.74, 6) is 2.48. The van der Waals surface area contributed by atoms with Crippen molar-refractivity contribution in [3.8, 4) is 0 Å². The van der Waals surface area contributed by atoms with Crippen LogP contribution < -0.4 is 0 Å². The Hall–Kier alpha value is -1.75. The van der Waals surface area contributed by atoms with Crippen LogP contribution in [0.4, 0.5) is 0 Å². The monoisotopic (exact) mass is 271 g/mol. The van der Waals surface area contributed by atoms with Crippen LogP contribution in [0.5, 0.6) is 0 Å². The quantitative estimate of drug-likeness (QED) is 0.929. The zero-order valence-corrected chi connectivity index (χ0v) is 12.1. The Labute approximate surface area is 119 Å². The van der Waals surface area contributed by atoms with E-state index < -0.39 is 0 Å². The van der Waals surface area contributed by atoms with Gasteiger partial charge in [0.15, 0.2) is 0 Å². The molecule has 0 amide bonds. The van der Waals surface area contributed by atoms with Gasteiger partial charge in [-0.1, -0.05) is 0 Å². The van der Waals surface area contributed by atoms with E-state index in [1.54, 1.807) is 0 Å². The number of aromatic nitrogens is 4. The van der Waals surface area contributed by atoms with Gasteiger partial charge in [-0.15, -0.1) is 0 Å². The highest BCUT2D eigenvalue weighted by atomic mass is 15.1. The minimum absolute atomic E-state index is 0.517. The van der Waals surface area contributed by atoms with Crippen molar-refractivity contribution >= 4 is 0 Å². The van der Waals surface area contributed by atoms with Crippen LogP contribution in [-0.4, -0.2) is 37.9 Å². The molecule has 0 unspecified atom stereocenters. The number of imidazole rings is 1. The molecular weight excluding hydrogens is 250 g/mol. The minimum Gasteiger partial charge on any atom is -0.346 e. The van der Waals surface area contributed by atoms with E-state index in [1.165, 1.54) is 18.4 Å². The number of rotatable bonds is 3. The summed E-state index contributed by atoms with van der Waals surface area (Å²) in [6.45, 7) is 7.10. The van der Waals surface area contributed by atoms with E-state index in [9.17, 15) is 0 Å². The number of aromatic amines is 1. The van der Waals surface area contributed by atoms with Gasteiger partial charge in [-0.25, -0.2) is 15.0 Å². The summed E-state index contributed by atoms with van der Waals surface area (Å²) in [7, 11) is 0. The Balaban J connectivity index is 1.64. The van der Waals surface area contributed by atoms with Gasteiger partial charge in [0.1, 0.15) is 11.6 Å². The second kappa shape index (κ2) is 5.71. The van der Waals surface area contributed by atoms with Gasteiger partial charge in [-0.3, -0.25) is 4.90 Å². The summed E-state index contributed by atoms with van der Waals surface area (Å²) >= 11 is 0. The maximum atomic E-state index is 4.49. The molecule has 20 heavy (non-hydrogen) atoms. The summed E-state index contributed by atoms with van der Waals surface area (Å²) in [4.78, 5) is 18.9. The topological polar surface area (TPSA) is 57.7 Å². The van der Waals surface area contributed by atoms with Crippen LogP contribution in [0.3, 0.4) is 0 Å². The van der Waals surface area contributed by atoms with Crippen molar-refractivity contribution in [1.82, 2.24) is 24.8 Å². The van der Waals surface area contributed by atoms with Crippen molar-refractivity contribution in [3.05, 3.63) is 41.5 Å². The molecule has 0 spiro atoms. The minimum atomic E-state index is 0.517. The number of nitrogens with zero attached hydrogens (tertiary/aromatic N) is 4. The highest BCUT2D eigenvalue weighted by Crippen LogP contribution is 2.25. The van der Waals surface area contributed by atoms with E-state index in [-0.39, 0.29) is 0 Å². The number of H-pyrrole nitrogens is 1. The van der Waals surface area contributed by atoms with E-state index in [0.717, 1.165) is 37.0 Å². The largest absolute Gasteiger partial charge is 0.346 e. The van der Waals surface area contributed by atoms with Crippen LogP contribution in [0.15, 0.2) is 18.6 Å². The molecule has 1 saturated heterocycles. The highest BCUT2D eigenvalue weighted by molar-refractivity contribution is 5.08. The van der Waals surface area contributed by atoms with Crippen LogP contribution >= 0.6 is 0 Å². The van der Waals surface area contributed by atoms with Gasteiger partial charge in [0.05, 0.1) is 0 Å². The van der Waals surface area contributed by atoms with E-state index in [1.807, 2.05) is 25.5 Å². The van der Waals surface area contributed by atoms with Crippen molar-refractivity contribution in [1.29, 1.82) is 0 Å². The number of nitrogens with one attached hydrogen (secondary N) is 1. The average Bonchev–Trinajstić information content (AvgIpc) is 2.89. The molecule has 106 valence electrons. The fraction of sp³-hybridized carbons (Fsp3) is 0.533. The van der Waals surface area contributed by atoms with E-state index in [4.69, 9.17) is 0 Å². The molecular formula is C15H21N5. The number of piperidine rings is 1. The van der Waals surface area contributed by atoms with Crippen molar-refractivity contribution in [2.75, 3.05) is 13.1 Å². The second-order valence-corrected chi connectivity index (χ2v) is 5.66. The molecule has 2 aromatic heterocycles. The van der Waals surface area contributed by atoms with E-state index >= 15 is 0 Å². The number of aryl methyl sites for hydroxylation is 2. The molecule has 1 aliphatic heterocycles. The third-order valence-electron chi connectivity index (χ3n) is 3.86. The molecule has 0 saturated carbocycles. The van der Waals surface area contributed by atoms with Crippen LogP contribution in [-0.2, 0) is 6.54 Å². The summed E-state index contributed by atoms with van der Waals surface area (Å²) in [5, 5.41) is 0. The number of hydrogen-bond donors (Lipinski definition) is 1. The first-order chi connectivity index (χ1) is 9.70. The van der Waals surface area contributed by atoms with Crippen molar-refractivity contribution < 1.29 is 0 Å². The molecule has 0 radical (unpaired) electrons. The smallest absolute Gasteiger partial charge is 0.125 e. The lowest BCUT2D eigenvalue weighted by molar-refractivity contribution is 0.196. The van der Waals surface area contributed by atoms with E-state index in [0.29, 0.717) is 5.92 Å². The Bertz CT molecular complexity index is 560. The molecule has 3 heterocycles. The van der Waals surface area contributed by atoms with Crippen LogP contribution in [0.1, 0.15) is 41.7 Å². The SMILES string of the molecule is Cc1ncc(CN2CCC[C@H](c3ncc(C)[nH]3)C2)cn1. The summed E-state index contributed by atoms with van der Waals surface area (Å²) in [6.07, 6.45) is 8.22. The molecule has 1 fully saturated rings. The van der Waals surface area contributed by atoms with Gasteiger partial charge in [-0.2, -0.15) is 0 Å². The first kappa shape index (κ1) is 13.2. The third-order valence-corrected chi connectivity index (χ3v) is 3.86. The fourth-order valence-corrected chi connectivity index (χ4v) is 2.82. The Morgan fingerprint density at radius 2 is 2.00 bits per heavy atom. The van der Waals surface area contributed by atoms with E-state index in [2.05, 4.69) is 31.8 Å².